The van der Waals surface area contributed by atoms with E-state index in [0.717, 1.165) is 0 Å². The topological polar surface area (TPSA) is 64.5 Å². The average molecular weight is 132 g/mol. The third-order valence-electron chi connectivity index (χ3n) is 1.55. The van der Waals surface area contributed by atoms with E-state index in [1.165, 1.54) is 0 Å². The maximum atomic E-state index is 9.09. The number of hydrazine groups is 1. The van der Waals surface area contributed by atoms with Crippen LogP contribution < -0.4 is 10.9 Å². The van der Waals surface area contributed by atoms with Crippen LogP contribution in [0.2, 0.25) is 0 Å². The zero-order chi connectivity index (χ0) is 6.85. The van der Waals surface area contributed by atoms with E-state index in [1.54, 1.807) is 6.92 Å². The Morgan fingerprint density at radius 2 is 2.11 bits per heavy atom. The molecule has 4 heteroatoms. The van der Waals surface area contributed by atoms with Gasteiger partial charge in [-0.2, -0.15) is 0 Å². The maximum absolute atomic E-state index is 9.09. The molecular weight excluding hydrogens is 120 g/mol. The fourth-order valence-corrected chi connectivity index (χ4v) is 0.864. The highest BCUT2D eigenvalue weighted by atomic mass is 16.3. The highest BCUT2D eigenvalue weighted by molar-refractivity contribution is 4.81. The molecule has 1 saturated heterocycles. The van der Waals surface area contributed by atoms with Crippen molar-refractivity contribution < 1.29 is 10.2 Å². The highest BCUT2D eigenvalue weighted by Crippen LogP contribution is 2.01. The third-order valence-corrected chi connectivity index (χ3v) is 1.55. The minimum absolute atomic E-state index is 0.0752. The number of nitrogens with one attached hydrogen (secondary N) is 2. The average Bonchev–Trinajstić information content (AvgIpc) is 1.83. The largest absolute Gasteiger partial charge is 0.389 e. The van der Waals surface area contributed by atoms with Crippen LogP contribution in [0.1, 0.15) is 6.92 Å². The van der Waals surface area contributed by atoms with Crippen LogP contribution in [0.15, 0.2) is 0 Å². The summed E-state index contributed by atoms with van der Waals surface area (Å²) in [5.74, 6) is 0. The van der Waals surface area contributed by atoms with Crippen molar-refractivity contribution in [2.45, 2.75) is 25.2 Å². The first-order valence-electron chi connectivity index (χ1n) is 3.06. The molecule has 0 aromatic heterocycles. The fraction of sp³-hybridized carbons (Fsp3) is 1.00. The Bertz CT molecular complexity index is 89.0. The van der Waals surface area contributed by atoms with Crippen molar-refractivity contribution in [3.63, 3.8) is 0 Å². The Balaban J connectivity index is 2.41. The number of β-amino-alcohol motifs (C(OH)–C–C–N with tert-alkyl or cyclic N) is 1. The van der Waals surface area contributed by atoms with E-state index in [4.69, 9.17) is 10.2 Å². The molecule has 1 fully saturated rings. The molecule has 0 amide bonds. The van der Waals surface area contributed by atoms with Crippen molar-refractivity contribution in [2.24, 2.45) is 0 Å². The summed E-state index contributed by atoms with van der Waals surface area (Å²) in [6, 6.07) is -0.0752. The molecular formula is C5H12N2O2. The smallest absolute Gasteiger partial charge is 0.0975 e. The first-order valence-corrected chi connectivity index (χ1v) is 3.06. The molecule has 9 heavy (non-hydrogen) atoms. The van der Waals surface area contributed by atoms with Crippen LogP contribution in [0, 0.1) is 0 Å². The van der Waals surface area contributed by atoms with Crippen LogP contribution in [-0.2, 0) is 0 Å². The highest BCUT2D eigenvalue weighted by Gasteiger charge is 2.26. The van der Waals surface area contributed by atoms with E-state index >= 15 is 0 Å². The predicted molar refractivity (Wildman–Crippen MR) is 32.6 cm³/mol. The number of aliphatic hydroxyl groups is 2. The Morgan fingerprint density at radius 3 is 2.56 bits per heavy atom. The standard InChI is InChI=1S/C5H12N2O2/c1-3-5(9)4(8)2-6-7-3/h3-9H,2H2,1H3/t3-,4-,5-/m0/s1. The molecule has 1 rings (SSSR count). The van der Waals surface area contributed by atoms with E-state index < -0.39 is 12.2 Å². The lowest BCUT2D eigenvalue weighted by atomic mass is 10.1. The molecule has 54 valence electrons. The molecule has 0 bridgehead atoms. The normalized spacial score (nSPS) is 45.0. The molecule has 1 heterocycles. The van der Waals surface area contributed by atoms with Gasteiger partial charge in [-0.3, -0.25) is 10.9 Å². The Hall–Kier alpha value is -0.160. The first-order chi connectivity index (χ1) is 4.22. The van der Waals surface area contributed by atoms with Gasteiger partial charge in [0.2, 0.25) is 0 Å². The van der Waals surface area contributed by atoms with Crippen LogP contribution >= 0.6 is 0 Å². The lowest BCUT2D eigenvalue weighted by Gasteiger charge is -2.30. The molecule has 1 aliphatic heterocycles. The molecule has 0 radical (unpaired) electrons. The fourth-order valence-electron chi connectivity index (χ4n) is 0.864. The monoisotopic (exact) mass is 132 g/mol. The molecule has 0 aromatic rings. The molecule has 0 aromatic carbocycles. The summed E-state index contributed by atoms with van der Waals surface area (Å²) in [7, 11) is 0. The SMILES string of the molecule is C[C@@H]1NNC[C@H](O)[C@H]1O. The van der Waals surface area contributed by atoms with E-state index in [-0.39, 0.29) is 6.04 Å². The zero-order valence-electron chi connectivity index (χ0n) is 5.33. The van der Waals surface area contributed by atoms with Gasteiger partial charge in [-0.25, -0.2) is 0 Å². The van der Waals surface area contributed by atoms with E-state index in [0.29, 0.717) is 6.54 Å². The summed E-state index contributed by atoms with van der Waals surface area (Å²) >= 11 is 0. The van der Waals surface area contributed by atoms with Gasteiger partial charge in [0, 0.05) is 12.6 Å². The van der Waals surface area contributed by atoms with Gasteiger partial charge in [0.05, 0.1) is 12.2 Å². The number of hydrogen-bond donors (Lipinski definition) is 4. The second-order valence-electron chi connectivity index (χ2n) is 2.37. The van der Waals surface area contributed by atoms with Crippen molar-refractivity contribution in [1.82, 2.24) is 10.9 Å². The van der Waals surface area contributed by atoms with Gasteiger partial charge >= 0.3 is 0 Å². The van der Waals surface area contributed by atoms with Gasteiger partial charge in [0.1, 0.15) is 0 Å². The van der Waals surface area contributed by atoms with Gasteiger partial charge in [0.15, 0.2) is 0 Å². The van der Waals surface area contributed by atoms with E-state index in [1.807, 2.05) is 0 Å². The molecule has 1 aliphatic rings. The van der Waals surface area contributed by atoms with Crippen LogP contribution in [0.25, 0.3) is 0 Å². The number of rotatable bonds is 0. The Labute approximate surface area is 53.9 Å². The molecule has 4 N–H and O–H groups in total. The summed E-state index contributed by atoms with van der Waals surface area (Å²) in [6.07, 6.45) is -1.28. The van der Waals surface area contributed by atoms with Crippen LogP contribution in [-0.4, -0.2) is 35.0 Å². The summed E-state index contributed by atoms with van der Waals surface area (Å²) in [5.41, 5.74) is 5.56. The molecule has 4 nitrogen and oxygen atoms in total. The van der Waals surface area contributed by atoms with Crippen LogP contribution in [0.3, 0.4) is 0 Å². The Morgan fingerprint density at radius 1 is 1.44 bits per heavy atom. The molecule has 0 spiro atoms. The summed E-state index contributed by atoms with van der Waals surface area (Å²) < 4.78 is 0. The van der Waals surface area contributed by atoms with Crippen LogP contribution in [0.5, 0.6) is 0 Å². The summed E-state index contributed by atoms with van der Waals surface area (Å²) in [5, 5.41) is 18.1. The van der Waals surface area contributed by atoms with Crippen molar-refractivity contribution >= 4 is 0 Å². The lowest BCUT2D eigenvalue weighted by Crippen LogP contribution is -2.59. The second-order valence-corrected chi connectivity index (χ2v) is 2.37. The van der Waals surface area contributed by atoms with Crippen molar-refractivity contribution in [2.75, 3.05) is 6.54 Å². The van der Waals surface area contributed by atoms with Gasteiger partial charge in [-0.05, 0) is 6.92 Å². The Kier molecular flexibility index (Phi) is 2.02. The minimum Gasteiger partial charge on any atom is -0.389 e. The molecule has 0 unspecified atom stereocenters. The maximum Gasteiger partial charge on any atom is 0.0975 e. The van der Waals surface area contributed by atoms with E-state index in [2.05, 4.69) is 10.9 Å². The van der Waals surface area contributed by atoms with Crippen molar-refractivity contribution in [3.8, 4) is 0 Å². The van der Waals surface area contributed by atoms with Gasteiger partial charge in [0.25, 0.3) is 0 Å². The quantitative estimate of drug-likeness (QED) is 0.314. The molecule has 3 atom stereocenters. The third kappa shape index (κ3) is 1.40. The summed E-state index contributed by atoms with van der Waals surface area (Å²) in [6.45, 7) is 2.21. The predicted octanol–water partition coefficient (Wildman–Crippen LogP) is -1.80. The number of hydrogen-bond acceptors (Lipinski definition) is 4. The zero-order valence-corrected chi connectivity index (χ0v) is 5.33. The van der Waals surface area contributed by atoms with Gasteiger partial charge < -0.3 is 10.2 Å². The van der Waals surface area contributed by atoms with Gasteiger partial charge in [-0.1, -0.05) is 0 Å². The van der Waals surface area contributed by atoms with Gasteiger partial charge in [-0.15, -0.1) is 0 Å². The molecule has 0 aliphatic carbocycles. The summed E-state index contributed by atoms with van der Waals surface area (Å²) in [4.78, 5) is 0. The van der Waals surface area contributed by atoms with Crippen molar-refractivity contribution in [1.29, 1.82) is 0 Å². The lowest BCUT2D eigenvalue weighted by molar-refractivity contribution is -0.0263. The van der Waals surface area contributed by atoms with Crippen LogP contribution in [0.4, 0.5) is 0 Å². The van der Waals surface area contributed by atoms with Crippen molar-refractivity contribution in [3.05, 3.63) is 0 Å². The van der Waals surface area contributed by atoms with E-state index in [9.17, 15) is 0 Å². The molecule has 0 saturated carbocycles. The second kappa shape index (κ2) is 2.62. The minimum atomic E-state index is -0.647. The first kappa shape index (κ1) is 6.95. The number of aliphatic hydroxyl groups excluding tert-OH is 2.